The molecule has 0 radical (unpaired) electrons. The summed E-state index contributed by atoms with van der Waals surface area (Å²) in [4.78, 5) is 6.77. The van der Waals surface area contributed by atoms with Crippen LogP contribution in [0.15, 0.2) is 24.4 Å². The highest BCUT2D eigenvalue weighted by Crippen LogP contribution is 2.32. The van der Waals surface area contributed by atoms with Crippen LogP contribution in [0.3, 0.4) is 0 Å². The van der Waals surface area contributed by atoms with Gasteiger partial charge in [-0.05, 0) is 18.2 Å². The number of alkyl halides is 3. The first-order chi connectivity index (χ1) is 9.27. The number of aromatic nitrogens is 2. The number of nitrogens with one attached hydrogen (secondary N) is 1. The fraction of sp³-hybridized carbons (Fsp3) is 0.0909. The lowest BCUT2D eigenvalue weighted by atomic mass is 10.2. The molecule has 0 atom stereocenters. The Morgan fingerprint density at radius 1 is 1.10 bits per heavy atom. The largest absolute Gasteiger partial charge is 0.416 e. The van der Waals surface area contributed by atoms with E-state index in [1.807, 2.05) is 0 Å². The molecular weight excluding hydrogens is 283 g/mol. The highest BCUT2D eigenvalue weighted by Gasteiger charge is 2.31. The Balaban J connectivity index is 2.40. The zero-order chi connectivity index (χ0) is 14.9. The van der Waals surface area contributed by atoms with Gasteiger partial charge in [0.25, 0.3) is 0 Å². The van der Waals surface area contributed by atoms with Gasteiger partial charge in [0, 0.05) is 0 Å². The Hall–Kier alpha value is -2.45. The van der Waals surface area contributed by atoms with Crippen molar-refractivity contribution in [2.24, 2.45) is 0 Å². The van der Waals surface area contributed by atoms with E-state index in [1.54, 1.807) is 0 Å². The summed E-state index contributed by atoms with van der Waals surface area (Å²) in [6.07, 6.45) is -3.93. The van der Waals surface area contributed by atoms with Crippen molar-refractivity contribution in [2.75, 3.05) is 11.1 Å². The lowest BCUT2D eigenvalue weighted by molar-refractivity contribution is -0.137. The number of anilines is 3. The van der Waals surface area contributed by atoms with E-state index in [9.17, 15) is 22.0 Å². The molecule has 0 fully saturated rings. The van der Waals surface area contributed by atoms with Gasteiger partial charge >= 0.3 is 6.18 Å². The minimum absolute atomic E-state index is 0.304. The number of benzene rings is 1. The third-order valence-corrected chi connectivity index (χ3v) is 2.31. The van der Waals surface area contributed by atoms with E-state index in [0.717, 1.165) is 6.20 Å². The van der Waals surface area contributed by atoms with Crippen molar-refractivity contribution in [3.8, 4) is 0 Å². The third-order valence-electron chi connectivity index (χ3n) is 2.31. The summed E-state index contributed by atoms with van der Waals surface area (Å²) < 4.78 is 64.3. The standard InChI is InChI=1S/C11H7F5N4/c12-6-2-1-5(11(14,15)16)3-8(6)19-9-7(13)4-18-10(17)20-9/h1-4H,(H3,17,18,19,20). The molecule has 0 aliphatic carbocycles. The van der Waals surface area contributed by atoms with Crippen LogP contribution in [0, 0.1) is 11.6 Å². The maximum atomic E-state index is 13.4. The Bertz CT molecular complexity index is 641. The quantitative estimate of drug-likeness (QED) is 0.834. The fourth-order valence-electron chi connectivity index (χ4n) is 1.39. The zero-order valence-electron chi connectivity index (χ0n) is 9.67. The third kappa shape index (κ3) is 2.92. The van der Waals surface area contributed by atoms with E-state index >= 15 is 0 Å². The van der Waals surface area contributed by atoms with E-state index in [-0.39, 0.29) is 5.95 Å². The second-order valence-electron chi connectivity index (χ2n) is 3.74. The molecule has 0 aliphatic heterocycles. The minimum atomic E-state index is -4.65. The Morgan fingerprint density at radius 3 is 2.45 bits per heavy atom. The molecule has 4 nitrogen and oxygen atoms in total. The number of halogens is 5. The van der Waals surface area contributed by atoms with Crippen LogP contribution in [0.4, 0.5) is 39.4 Å². The number of nitrogens with two attached hydrogens (primary N) is 1. The molecule has 0 saturated carbocycles. The first kappa shape index (κ1) is 14.0. The van der Waals surface area contributed by atoms with E-state index in [0.29, 0.717) is 18.2 Å². The van der Waals surface area contributed by atoms with Crippen LogP contribution in [0.25, 0.3) is 0 Å². The van der Waals surface area contributed by atoms with Crippen molar-refractivity contribution in [1.82, 2.24) is 9.97 Å². The number of nitrogen functional groups attached to an aromatic ring is 1. The van der Waals surface area contributed by atoms with E-state index in [4.69, 9.17) is 5.73 Å². The summed E-state index contributed by atoms with van der Waals surface area (Å²) in [5.74, 6) is -2.79. The summed E-state index contributed by atoms with van der Waals surface area (Å²) >= 11 is 0. The number of hydrogen-bond donors (Lipinski definition) is 2. The lowest BCUT2D eigenvalue weighted by Gasteiger charge is -2.11. The predicted molar refractivity (Wildman–Crippen MR) is 61.1 cm³/mol. The van der Waals surface area contributed by atoms with Crippen molar-refractivity contribution in [3.05, 3.63) is 41.6 Å². The van der Waals surface area contributed by atoms with Gasteiger partial charge in [0.15, 0.2) is 11.6 Å². The fourth-order valence-corrected chi connectivity index (χ4v) is 1.39. The summed E-state index contributed by atoms with van der Waals surface area (Å²) in [7, 11) is 0. The molecule has 1 aromatic carbocycles. The second kappa shape index (κ2) is 4.91. The van der Waals surface area contributed by atoms with E-state index in [1.165, 1.54) is 0 Å². The zero-order valence-corrected chi connectivity index (χ0v) is 9.67. The maximum Gasteiger partial charge on any atom is 0.416 e. The van der Waals surface area contributed by atoms with Crippen LogP contribution in [0.1, 0.15) is 5.56 Å². The van der Waals surface area contributed by atoms with Gasteiger partial charge in [-0.2, -0.15) is 18.2 Å². The summed E-state index contributed by atoms with van der Waals surface area (Å²) in [6, 6.07) is 1.70. The Kier molecular flexibility index (Phi) is 3.43. The molecule has 9 heteroatoms. The van der Waals surface area contributed by atoms with Gasteiger partial charge in [0.2, 0.25) is 5.95 Å². The molecule has 0 saturated heterocycles. The van der Waals surface area contributed by atoms with Crippen LogP contribution in [-0.4, -0.2) is 9.97 Å². The van der Waals surface area contributed by atoms with E-state index in [2.05, 4.69) is 15.3 Å². The van der Waals surface area contributed by atoms with Crippen LogP contribution < -0.4 is 11.1 Å². The van der Waals surface area contributed by atoms with Crippen LogP contribution in [0.2, 0.25) is 0 Å². The van der Waals surface area contributed by atoms with Gasteiger partial charge in [-0.25, -0.2) is 13.8 Å². The van der Waals surface area contributed by atoms with Gasteiger partial charge in [-0.3, -0.25) is 0 Å². The summed E-state index contributed by atoms with van der Waals surface area (Å²) in [5, 5.41) is 2.11. The second-order valence-corrected chi connectivity index (χ2v) is 3.74. The number of hydrogen-bond acceptors (Lipinski definition) is 4. The smallest absolute Gasteiger partial charge is 0.368 e. The summed E-state index contributed by atoms with van der Waals surface area (Å²) in [6.45, 7) is 0. The highest BCUT2D eigenvalue weighted by molar-refractivity contribution is 5.59. The van der Waals surface area contributed by atoms with Gasteiger partial charge in [-0.15, -0.1) is 0 Å². The predicted octanol–water partition coefficient (Wildman–Crippen LogP) is 3.10. The topological polar surface area (TPSA) is 63.8 Å². The van der Waals surface area contributed by atoms with Crippen LogP contribution in [-0.2, 0) is 6.18 Å². The minimum Gasteiger partial charge on any atom is -0.368 e. The van der Waals surface area contributed by atoms with Crippen molar-refractivity contribution in [3.63, 3.8) is 0 Å². The molecule has 0 aliphatic rings. The van der Waals surface area contributed by atoms with Gasteiger partial charge in [0.05, 0.1) is 17.4 Å². The van der Waals surface area contributed by atoms with Gasteiger partial charge < -0.3 is 11.1 Å². The number of rotatable bonds is 2. The molecule has 0 amide bonds. The van der Waals surface area contributed by atoms with Crippen molar-refractivity contribution in [2.45, 2.75) is 6.18 Å². The van der Waals surface area contributed by atoms with Crippen molar-refractivity contribution >= 4 is 17.5 Å². The molecule has 3 N–H and O–H groups in total. The Morgan fingerprint density at radius 2 is 1.80 bits per heavy atom. The molecule has 1 aromatic heterocycles. The van der Waals surface area contributed by atoms with Crippen molar-refractivity contribution < 1.29 is 22.0 Å². The molecule has 2 aromatic rings. The normalized spacial score (nSPS) is 11.4. The molecule has 0 spiro atoms. The monoisotopic (exact) mass is 290 g/mol. The van der Waals surface area contributed by atoms with Crippen LogP contribution in [0.5, 0.6) is 0 Å². The van der Waals surface area contributed by atoms with Gasteiger partial charge in [0.1, 0.15) is 5.82 Å². The summed E-state index contributed by atoms with van der Waals surface area (Å²) in [5.41, 5.74) is 3.56. The van der Waals surface area contributed by atoms with Crippen LogP contribution >= 0.6 is 0 Å². The lowest BCUT2D eigenvalue weighted by Crippen LogP contribution is -2.08. The molecule has 1 heterocycles. The molecule has 0 bridgehead atoms. The first-order valence-corrected chi connectivity index (χ1v) is 5.19. The van der Waals surface area contributed by atoms with E-state index < -0.39 is 34.9 Å². The SMILES string of the molecule is Nc1ncc(F)c(Nc2cc(C(F)(F)F)ccc2F)n1. The molecule has 106 valence electrons. The average Bonchev–Trinajstić information content (AvgIpc) is 2.35. The molecule has 20 heavy (non-hydrogen) atoms. The molecular formula is C11H7F5N4. The molecule has 0 unspecified atom stereocenters. The van der Waals surface area contributed by atoms with Crippen molar-refractivity contribution in [1.29, 1.82) is 0 Å². The maximum absolute atomic E-state index is 13.4. The number of nitrogens with zero attached hydrogens (tertiary/aromatic N) is 2. The highest BCUT2D eigenvalue weighted by atomic mass is 19.4. The first-order valence-electron chi connectivity index (χ1n) is 5.19. The average molecular weight is 290 g/mol. The molecule has 2 rings (SSSR count). The Labute approximate surface area is 109 Å². The van der Waals surface area contributed by atoms with Gasteiger partial charge in [-0.1, -0.05) is 0 Å².